The fraction of sp³-hybridized carbons (Fsp3) is 0. The van der Waals surface area contributed by atoms with Gasteiger partial charge < -0.3 is 8.83 Å². The first-order valence-corrected chi connectivity index (χ1v) is 18.5. The van der Waals surface area contributed by atoms with Gasteiger partial charge in [0.15, 0.2) is 0 Å². The van der Waals surface area contributed by atoms with E-state index in [1.807, 2.05) is 12.1 Å². The van der Waals surface area contributed by atoms with Crippen LogP contribution in [-0.2, 0) is 0 Å². The maximum atomic E-state index is 6.66. The highest BCUT2D eigenvalue weighted by Gasteiger charge is 2.19. The standard InChI is InChI=1S/C52H30O2/c1-2-10-35-29-37(22-19-31(35)9-1)49-40-13-5-3-11-38(40)48(39-12-4-6-14-41(39)49)33-20-17-32(18-21-33)36-25-27-46-44(30-36)42-26-23-34-24-28-47-51(50(34)52(42)54-46)43-15-7-8-16-45(43)53-47/h1-30H. The molecule has 0 spiro atoms. The molecule has 0 N–H and O–H groups in total. The quantitative estimate of drug-likeness (QED) is 0.173. The van der Waals surface area contributed by atoms with Crippen LogP contribution in [0.2, 0.25) is 0 Å². The molecule has 2 nitrogen and oxygen atoms in total. The van der Waals surface area contributed by atoms with Crippen molar-refractivity contribution in [3.05, 3.63) is 182 Å². The average Bonchev–Trinajstić information content (AvgIpc) is 3.81. The fourth-order valence-electron chi connectivity index (χ4n) is 8.96. The number of rotatable bonds is 3. The number of benzene rings is 10. The predicted molar refractivity (Wildman–Crippen MR) is 227 cm³/mol. The molecule has 0 radical (unpaired) electrons. The SMILES string of the molecule is c1ccc2cc(-c3c4ccccc4c(-c4ccc(-c5ccc6oc7c(ccc8ccc9oc%10ccccc%10c9c87)c6c5)cc4)c4ccccc34)ccc2c1. The van der Waals surface area contributed by atoms with E-state index in [9.17, 15) is 0 Å². The third-order valence-corrected chi connectivity index (χ3v) is 11.4. The summed E-state index contributed by atoms with van der Waals surface area (Å²) in [6, 6.07) is 65.7. The van der Waals surface area contributed by atoms with Crippen molar-refractivity contribution in [1.29, 1.82) is 0 Å². The van der Waals surface area contributed by atoms with Crippen LogP contribution in [0.5, 0.6) is 0 Å². The van der Waals surface area contributed by atoms with E-state index in [0.717, 1.165) is 60.2 Å². The molecule has 0 unspecified atom stereocenters. The number of hydrogen-bond donors (Lipinski definition) is 0. The first-order chi connectivity index (χ1) is 26.8. The van der Waals surface area contributed by atoms with Gasteiger partial charge in [0.1, 0.15) is 22.3 Å². The van der Waals surface area contributed by atoms with Crippen molar-refractivity contribution >= 4 is 87.0 Å². The lowest BCUT2D eigenvalue weighted by atomic mass is 9.85. The lowest BCUT2D eigenvalue weighted by Crippen LogP contribution is -1.91. The Labute approximate surface area is 310 Å². The highest BCUT2D eigenvalue weighted by Crippen LogP contribution is 2.45. The highest BCUT2D eigenvalue weighted by molar-refractivity contribution is 6.28. The van der Waals surface area contributed by atoms with Gasteiger partial charge in [0.05, 0.1) is 0 Å². The van der Waals surface area contributed by atoms with Crippen LogP contribution in [-0.4, -0.2) is 0 Å². The highest BCUT2D eigenvalue weighted by atomic mass is 16.3. The third kappa shape index (κ3) is 4.22. The minimum Gasteiger partial charge on any atom is -0.456 e. The smallest absolute Gasteiger partial charge is 0.144 e. The summed E-state index contributed by atoms with van der Waals surface area (Å²) in [6.07, 6.45) is 0. The third-order valence-electron chi connectivity index (χ3n) is 11.4. The van der Waals surface area contributed by atoms with Crippen molar-refractivity contribution in [2.24, 2.45) is 0 Å². The van der Waals surface area contributed by atoms with E-state index in [2.05, 4.69) is 170 Å². The molecule has 0 saturated carbocycles. The molecule has 0 fully saturated rings. The van der Waals surface area contributed by atoms with Gasteiger partial charge >= 0.3 is 0 Å². The number of furan rings is 2. The van der Waals surface area contributed by atoms with Crippen molar-refractivity contribution in [1.82, 2.24) is 0 Å². The Balaban J connectivity index is 1.00. The maximum Gasteiger partial charge on any atom is 0.144 e. The van der Waals surface area contributed by atoms with Gasteiger partial charge in [-0.25, -0.2) is 0 Å². The Morgan fingerprint density at radius 3 is 1.56 bits per heavy atom. The number of para-hydroxylation sites is 1. The summed E-state index contributed by atoms with van der Waals surface area (Å²) in [4.78, 5) is 0. The summed E-state index contributed by atoms with van der Waals surface area (Å²) < 4.78 is 12.9. The van der Waals surface area contributed by atoms with Crippen LogP contribution in [0.3, 0.4) is 0 Å². The van der Waals surface area contributed by atoms with E-state index in [0.29, 0.717) is 0 Å². The zero-order valence-corrected chi connectivity index (χ0v) is 29.1. The van der Waals surface area contributed by atoms with Crippen LogP contribution in [0.15, 0.2) is 191 Å². The molecule has 54 heavy (non-hydrogen) atoms. The van der Waals surface area contributed by atoms with Crippen molar-refractivity contribution in [3.8, 4) is 33.4 Å². The minimum atomic E-state index is 0.876. The molecule has 12 aromatic rings. The molecular weight excluding hydrogens is 657 g/mol. The zero-order chi connectivity index (χ0) is 35.3. The number of hydrogen-bond acceptors (Lipinski definition) is 2. The lowest BCUT2D eigenvalue weighted by molar-refractivity contribution is 0.668. The Kier molecular flexibility index (Phi) is 6.09. The molecule has 2 heterocycles. The Hall–Kier alpha value is -7.16. The summed E-state index contributed by atoms with van der Waals surface area (Å²) in [7, 11) is 0. The van der Waals surface area contributed by atoms with Crippen LogP contribution < -0.4 is 0 Å². The second kappa shape index (κ2) is 11.2. The topological polar surface area (TPSA) is 26.3 Å². The van der Waals surface area contributed by atoms with E-state index >= 15 is 0 Å². The fourth-order valence-corrected chi connectivity index (χ4v) is 8.96. The normalized spacial score (nSPS) is 12.1. The van der Waals surface area contributed by atoms with Gasteiger partial charge in [0, 0.05) is 26.9 Å². The second-order valence-corrected chi connectivity index (χ2v) is 14.4. The molecule has 0 bridgehead atoms. The molecule has 2 heteroatoms. The van der Waals surface area contributed by atoms with Crippen LogP contribution in [0.25, 0.3) is 120 Å². The van der Waals surface area contributed by atoms with Crippen LogP contribution in [0.1, 0.15) is 0 Å². The van der Waals surface area contributed by atoms with E-state index in [-0.39, 0.29) is 0 Å². The Morgan fingerprint density at radius 1 is 0.259 bits per heavy atom. The van der Waals surface area contributed by atoms with Crippen molar-refractivity contribution < 1.29 is 8.83 Å². The summed E-state index contributed by atoms with van der Waals surface area (Å²) in [5, 5.41) is 14.2. The first kappa shape index (κ1) is 29.4. The van der Waals surface area contributed by atoms with Crippen molar-refractivity contribution in [3.63, 3.8) is 0 Å². The van der Waals surface area contributed by atoms with Gasteiger partial charge in [0.2, 0.25) is 0 Å². The summed E-state index contributed by atoms with van der Waals surface area (Å²) >= 11 is 0. The van der Waals surface area contributed by atoms with Crippen molar-refractivity contribution in [2.75, 3.05) is 0 Å². The largest absolute Gasteiger partial charge is 0.456 e. The summed E-state index contributed by atoms with van der Waals surface area (Å²) in [6.45, 7) is 0. The molecule has 0 aliphatic heterocycles. The van der Waals surface area contributed by atoms with Gasteiger partial charge in [-0.1, -0.05) is 146 Å². The van der Waals surface area contributed by atoms with E-state index in [1.54, 1.807) is 0 Å². The van der Waals surface area contributed by atoms with Crippen LogP contribution >= 0.6 is 0 Å². The van der Waals surface area contributed by atoms with Gasteiger partial charge in [-0.15, -0.1) is 0 Å². The Morgan fingerprint density at radius 2 is 0.796 bits per heavy atom. The zero-order valence-electron chi connectivity index (χ0n) is 29.1. The number of fused-ring (bicyclic) bond motifs is 12. The van der Waals surface area contributed by atoms with E-state index in [4.69, 9.17) is 8.83 Å². The summed E-state index contributed by atoms with van der Waals surface area (Å²) in [5.74, 6) is 0. The molecule has 0 aliphatic carbocycles. The monoisotopic (exact) mass is 686 g/mol. The van der Waals surface area contributed by atoms with Gasteiger partial charge in [-0.2, -0.15) is 0 Å². The molecule has 0 atom stereocenters. The van der Waals surface area contributed by atoms with E-state index < -0.39 is 0 Å². The van der Waals surface area contributed by atoms with E-state index in [1.165, 1.54) is 60.1 Å². The second-order valence-electron chi connectivity index (χ2n) is 14.4. The summed E-state index contributed by atoms with van der Waals surface area (Å²) in [5.41, 5.74) is 10.9. The molecule has 2 aromatic heterocycles. The van der Waals surface area contributed by atoms with Gasteiger partial charge in [-0.3, -0.25) is 0 Å². The molecular formula is C52H30O2. The molecule has 0 amide bonds. The lowest BCUT2D eigenvalue weighted by Gasteiger charge is -2.18. The van der Waals surface area contributed by atoms with Gasteiger partial charge in [0.25, 0.3) is 0 Å². The maximum absolute atomic E-state index is 6.66. The van der Waals surface area contributed by atoms with Crippen molar-refractivity contribution in [2.45, 2.75) is 0 Å². The average molecular weight is 687 g/mol. The van der Waals surface area contributed by atoms with Crippen LogP contribution in [0, 0.1) is 0 Å². The molecule has 250 valence electrons. The van der Waals surface area contributed by atoms with Crippen LogP contribution in [0.4, 0.5) is 0 Å². The first-order valence-electron chi connectivity index (χ1n) is 18.5. The molecule has 0 aliphatic rings. The molecule has 12 rings (SSSR count). The minimum absolute atomic E-state index is 0.876. The molecule has 10 aromatic carbocycles. The predicted octanol–water partition coefficient (Wildman–Crippen LogP) is 15.1. The van der Waals surface area contributed by atoms with Gasteiger partial charge in [-0.05, 0) is 107 Å². The Bertz CT molecular complexity index is 3430. The molecule has 0 saturated heterocycles.